The highest BCUT2D eigenvalue weighted by Crippen LogP contribution is 2.64. The van der Waals surface area contributed by atoms with Crippen LogP contribution in [0.25, 0.3) is 33.6 Å². The van der Waals surface area contributed by atoms with Gasteiger partial charge in [-0.1, -0.05) is 50.2 Å². The van der Waals surface area contributed by atoms with Crippen LogP contribution in [0.4, 0.5) is 9.59 Å². The van der Waals surface area contributed by atoms with Gasteiger partial charge in [-0.15, -0.1) is 0 Å². The van der Waals surface area contributed by atoms with E-state index < -0.39 is 24.3 Å². The van der Waals surface area contributed by atoms with Gasteiger partial charge in [-0.05, 0) is 141 Å². The molecule has 68 heavy (non-hydrogen) atoms. The number of nitrogens with one attached hydrogen (secondary N) is 4. The van der Waals surface area contributed by atoms with Crippen LogP contribution in [0, 0.1) is 36.5 Å². The zero-order chi connectivity index (χ0) is 47.1. The first kappa shape index (κ1) is 43.5. The molecule has 4 saturated carbocycles. The molecule has 4 aliphatic heterocycles. The molecule has 0 bridgehead atoms. The molecule has 4 aromatic rings. The van der Waals surface area contributed by atoms with Crippen molar-refractivity contribution >= 4 is 24.0 Å². The zero-order valence-corrected chi connectivity index (χ0v) is 39.3. The van der Waals surface area contributed by atoms with E-state index in [4.69, 9.17) is 19.4 Å². The predicted molar refractivity (Wildman–Crippen MR) is 249 cm³/mol. The second-order valence-corrected chi connectivity index (χ2v) is 22.5. The minimum absolute atomic E-state index is 0.0194. The number of nitrogens with zero attached hydrogens (tertiary/aromatic N) is 4. The number of ether oxygens (including phenoxy) is 2. The summed E-state index contributed by atoms with van der Waals surface area (Å²) >= 11 is 0. The van der Waals surface area contributed by atoms with Gasteiger partial charge >= 0.3 is 12.2 Å². The quantitative estimate of drug-likeness (QED) is 0.0851. The molecule has 2 aromatic carbocycles. The first-order valence-electron chi connectivity index (χ1n) is 24.8. The van der Waals surface area contributed by atoms with Crippen LogP contribution in [0.3, 0.4) is 0 Å². The van der Waals surface area contributed by atoms with E-state index in [0.29, 0.717) is 44.7 Å². The smallest absolute Gasteiger partial charge is 0.405 e. The minimum Gasteiger partial charge on any atom is -0.465 e. The van der Waals surface area contributed by atoms with Crippen molar-refractivity contribution in [3.05, 3.63) is 71.6 Å². The Balaban J connectivity index is 0.750. The normalized spacial score (nSPS) is 32.0. The van der Waals surface area contributed by atoms with Gasteiger partial charge in [0.2, 0.25) is 11.8 Å². The van der Waals surface area contributed by atoms with E-state index in [-0.39, 0.29) is 69.8 Å². The average molecular weight is 927 g/mol. The Kier molecular flexibility index (Phi) is 9.85. The van der Waals surface area contributed by atoms with Crippen LogP contribution >= 0.6 is 0 Å². The van der Waals surface area contributed by atoms with Gasteiger partial charge in [0, 0.05) is 30.9 Å². The Morgan fingerprint density at radius 2 is 1.07 bits per heavy atom. The van der Waals surface area contributed by atoms with Gasteiger partial charge in [-0.3, -0.25) is 9.59 Å². The number of aromatic amines is 2. The number of fused-ring (bicyclic) bond motifs is 2. The van der Waals surface area contributed by atoms with Gasteiger partial charge in [-0.25, -0.2) is 19.6 Å². The van der Waals surface area contributed by atoms with E-state index in [1.54, 1.807) is 0 Å². The van der Waals surface area contributed by atoms with Crippen LogP contribution < -0.4 is 10.6 Å². The summed E-state index contributed by atoms with van der Waals surface area (Å²) in [7, 11) is 0. The number of likely N-dealkylation sites (tertiary alicyclic amines) is 2. The van der Waals surface area contributed by atoms with Crippen LogP contribution in [0.1, 0.15) is 126 Å². The number of hydrogen-bond acceptors (Lipinski definition) is 8. The first-order valence-corrected chi connectivity index (χ1v) is 24.8. The number of aromatic nitrogens is 4. The largest absolute Gasteiger partial charge is 0.465 e. The molecule has 6 N–H and O–H groups in total. The maximum Gasteiger partial charge on any atom is 0.405 e. The maximum absolute atomic E-state index is 14.5. The summed E-state index contributed by atoms with van der Waals surface area (Å²) in [4.78, 5) is 73.9. The van der Waals surface area contributed by atoms with Crippen LogP contribution in [0.5, 0.6) is 0 Å². The van der Waals surface area contributed by atoms with E-state index in [9.17, 15) is 29.4 Å². The van der Waals surface area contributed by atoms with Crippen molar-refractivity contribution in [2.45, 2.75) is 152 Å². The maximum atomic E-state index is 14.5. The third-order valence-corrected chi connectivity index (χ3v) is 17.9. The van der Waals surface area contributed by atoms with Crippen LogP contribution in [-0.4, -0.2) is 113 Å². The highest BCUT2D eigenvalue weighted by molar-refractivity contribution is 5.88. The van der Waals surface area contributed by atoms with Gasteiger partial charge in [0.1, 0.15) is 23.7 Å². The lowest BCUT2D eigenvalue weighted by molar-refractivity contribution is -0.140. The summed E-state index contributed by atoms with van der Waals surface area (Å²) in [6.07, 6.45) is 11.2. The molecule has 2 spiro atoms. The third-order valence-electron chi connectivity index (χ3n) is 17.9. The van der Waals surface area contributed by atoms with Gasteiger partial charge in [0.15, 0.2) is 0 Å². The van der Waals surface area contributed by atoms with Crippen molar-refractivity contribution < 1.29 is 38.9 Å². The number of amides is 4. The number of piperidine rings is 2. The number of H-pyrrole nitrogens is 2. The summed E-state index contributed by atoms with van der Waals surface area (Å²) in [5, 5.41) is 25.0. The molecule has 10 atom stereocenters. The van der Waals surface area contributed by atoms with Gasteiger partial charge in [0.05, 0.1) is 47.1 Å². The number of carbonyl (C=O) groups excluding carboxylic acids is 2. The predicted octanol–water partition coefficient (Wildman–Crippen LogP) is 8.05. The molecule has 12 rings (SSSR count). The number of carbonyl (C=O) groups is 4. The lowest BCUT2D eigenvalue weighted by Crippen LogP contribution is -2.54. The molecule has 6 heterocycles. The van der Waals surface area contributed by atoms with Crippen molar-refractivity contribution in [1.82, 2.24) is 40.4 Å². The van der Waals surface area contributed by atoms with Gasteiger partial charge < -0.3 is 50.1 Å². The van der Waals surface area contributed by atoms with Crippen molar-refractivity contribution in [3.63, 3.8) is 0 Å². The number of rotatable bonds is 11. The third kappa shape index (κ3) is 7.39. The number of benzene rings is 2. The van der Waals surface area contributed by atoms with Crippen LogP contribution in [-0.2, 0) is 19.1 Å². The van der Waals surface area contributed by atoms with E-state index in [0.717, 1.165) is 102 Å². The van der Waals surface area contributed by atoms with E-state index in [1.807, 2.05) is 22.2 Å². The SMILES string of the molecule is Cc1c(-c2ccc(-c3cnc([C@@H]4C[C@@]5(C)C[C@H]5N4C(=O)C(NC(=O)O)C4CCOC5(CC5)C4)[nH]3)cc2)ccc(-c2cnc([C@@H]3C[C@@]4(C)C[C@H]4N3C(=O)C(NC(=O)O)C3CCOC4(CC4)C3)[nH]2)c1C. The van der Waals surface area contributed by atoms with E-state index in [1.165, 1.54) is 0 Å². The molecule has 16 nitrogen and oxygen atoms in total. The molecule has 4 unspecified atom stereocenters. The summed E-state index contributed by atoms with van der Waals surface area (Å²) < 4.78 is 12.1. The highest BCUT2D eigenvalue weighted by atomic mass is 16.5. The molecule has 4 saturated heterocycles. The number of hydrogen-bond donors (Lipinski definition) is 6. The molecule has 4 aliphatic carbocycles. The Labute approximate surface area is 395 Å². The van der Waals surface area contributed by atoms with Crippen molar-refractivity contribution in [1.29, 1.82) is 0 Å². The molecule has 16 heteroatoms. The molecule has 0 radical (unpaired) electrons. The van der Waals surface area contributed by atoms with Gasteiger partial charge in [-0.2, -0.15) is 0 Å². The van der Waals surface area contributed by atoms with E-state index in [2.05, 4.69) is 84.7 Å². The molecule has 8 aliphatic rings. The second-order valence-electron chi connectivity index (χ2n) is 22.5. The summed E-state index contributed by atoms with van der Waals surface area (Å²) in [5.41, 5.74) is 7.70. The lowest BCUT2D eigenvalue weighted by Gasteiger charge is -2.37. The summed E-state index contributed by atoms with van der Waals surface area (Å²) in [6, 6.07) is 10.6. The Hall–Kier alpha value is -5.74. The van der Waals surface area contributed by atoms with Crippen LogP contribution in [0.2, 0.25) is 0 Å². The monoisotopic (exact) mass is 926 g/mol. The standard InChI is InChI=1S/C52H62N8O8/c1-27-28(2)34(36-26-54-44(56-36)38-22-50(4)24-40(50)60(38)46(62)42(58-48(65)66)32-12-18-68-52(20-32)15-16-52)10-9-33(27)29-5-7-30(8-6-29)35-25-53-43(55-35)37-21-49(3)23-39(49)59(37)45(61)41(57-47(63)64)31-11-17-67-51(19-31)13-14-51/h5-10,25-26,31-32,37-42,57-58H,11-24H2,1-4H3,(H,53,55)(H,54,56)(H,63,64)(H,65,66)/t31?,32?,37-,38-,39+,40+,41?,42?,49-,50-/m0/s1. The molecule has 2 aromatic heterocycles. The Morgan fingerprint density at radius 1 is 0.632 bits per heavy atom. The molecule has 4 amide bonds. The molecule has 358 valence electrons. The Bertz CT molecular complexity index is 2720. The fourth-order valence-electron chi connectivity index (χ4n) is 13.2. The molecular weight excluding hydrogens is 865 g/mol. The minimum atomic E-state index is -1.18. The van der Waals surface area contributed by atoms with Gasteiger partial charge in [0.25, 0.3) is 0 Å². The van der Waals surface area contributed by atoms with Crippen LogP contribution in [0.15, 0.2) is 48.8 Å². The zero-order valence-electron chi connectivity index (χ0n) is 39.3. The fourth-order valence-corrected chi connectivity index (χ4v) is 13.2. The van der Waals surface area contributed by atoms with Crippen molar-refractivity contribution in [2.75, 3.05) is 13.2 Å². The van der Waals surface area contributed by atoms with Crippen molar-refractivity contribution in [3.8, 4) is 33.6 Å². The molecule has 8 fully saturated rings. The van der Waals surface area contributed by atoms with Crippen molar-refractivity contribution in [2.24, 2.45) is 22.7 Å². The summed E-state index contributed by atoms with van der Waals surface area (Å²) in [5.74, 6) is 0.893. The highest BCUT2D eigenvalue weighted by Gasteiger charge is 2.66. The Morgan fingerprint density at radius 3 is 1.56 bits per heavy atom. The van der Waals surface area contributed by atoms with E-state index >= 15 is 0 Å². The number of imidazole rings is 2. The average Bonchev–Trinajstić information content (AvgIpc) is 4.28. The summed E-state index contributed by atoms with van der Waals surface area (Å²) in [6.45, 7) is 9.76. The number of carboxylic acid groups (broad SMARTS) is 2. The second kappa shape index (κ2) is 15.4. The first-order chi connectivity index (χ1) is 32.6. The molecular formula is C52H62N8O8. The fraction of sp³-hybridized carbons (Fsp3) is 0.577. The topological polar surface area (TPSA) is 215 Å². The lowest BCUT2D eigenvalue weighted by atomic mass is 9.86.